The molecule has 144 valence electrons. The van der Waals surface area contributed by atoms with Gasteiger partial charge in [-0.3, -0.25) is 14.4 Å². The van der Waals surface area contributed by atoms with Crippen molar-refractivity contribution in [1.29, 1.82) is 0 Å². The van der Waals surface area contributed by atoms with Crippen molar-refractivity contribution in [1.82, 2.24) is 0 Å². The van der Waals surface area contributed by atoms with Gasteiger partial charge in [-0.15, -0.1) is 0 Å². The van der Waals surface area contributed by atoms with E-state index < -0.39 is 11.8 Å². The number of methoxy groups -OCH3 is 1. The number of imide groups is 1. The third kappa shape index (κ3) is 3.29. The van der Waals surface area contributed by atoms with Gasteiger partial charge in [-0.2, -0.15) is 0 Å². The highest BCUT2D eigenvalue weighted by atomic mass is 16.5. The second-order valence-corrected chi connectivity index (χ2v) is 6.48. The van der Waals surface area contributed by atoms with Crippen LogP contribution in [0.4, 0.5) is 17.1 Å². The van der Waals surface area contributed by atoms with Gasteiger partial charge in [0.15, 0.2) is 0 Å². The molecule has 0 saturated heterocycles. The lowest BCUT2D eigenvalue weighted by Crippen LogP contribution is -2.29. The Bertz CT molecular complexity index is 1140. The first-order valence-corrected chi connectivity index (χ1v) is 8.82. The normalized spacial score (nSPS) is 12.7. The molecule has 7 heteroatoms. The zero-order chi connectivity index (χ0) is 20.5. The third-order valence-electron chi connectivity index (χ3n) is 4.63. The zero-order valence-electron chi connectivity index (χ0n) is 15.5. The highest BCUT2D eigenvalue weighted by molar-refractivity contribution is 6.34. The van der Waals surface area contributed by atoms with E-state index in [0.717, 1.165) is 4.90 Å². The molecule has 4 rings (SSSR count). The van der Waals surface area contributed by atoms with Crippen LogP contribution >= 0.6 is 0 Å². The van der Waals surface area contributed by atoms with E-state index in [0.29, 0.717) is 22.8 Å². The van der Waals surface area contributed by atoms with Gasteiger partial charge < -0.3 is 15.8 Å². The van der Waals surface area contributed by atoms with E-state index in [4.69, 9.17) is 10.5 Å². The number of carbonyl (C=O) groups excluding carboxylic acids is 3. The summed E-state index contributed by atoms with van der Waals surface area (Å²) < 4.78 is 5.09. The van der Waals surface area contributed by atoms with Gasteiger partial charge in [-0.25, -0.2) is 4.90 Å². The summed E-state index contributed by atoms with van der Waals surface area (Å²) in [4.78, 5) is 39.2. The van der Waals surface area contributed by atoms with Gasteiger partial charge in [0.1, 0.15) is 5.75 Å². The molecule has 0 bridgehead atoms. The Morgan fingerprint density at radius 2 is 1.66 bits per heavy atom. The molecule has 0 spiro atoms. The number of benzene rings is 3. The number of rotatable bonds is 4. The maximum absolute atomic E-state index is 12.8. The number of nitrogens with two attached hydrogens (primary N) is 1. The molecule has 1 aliphatic heterocycles. The number of nitrogen functional groups attached to an aromatic ring is 1. The first-order valence-electron chi connectivity index (χ1n) is 8.82. The van der Waals surface area contributed by atoms with E-state index in [1.807, 2.05) is 0 Å². The second kappa shape index (κ2) is 7.12. The number of hydrogen-bond donors (Lipinski definition) is 2. The fourth-order valence-corrected chi connectivity index (χ4v) is 3.16. The van der Waals surface area contributed by atoms with Crippen LogP contribution in [0.1, 0.15) is 31.1 Å². The number of carbonyl (C=O) groups is 3. The number of ether oxygens (including phenoxy) is 1. The number of nitrogens with one attached hydrogen (secondary N) is 1. The quantitative estimate of drug-likeness (QED) is 0.528. The fourth-order valence-electron chi connectivity index (χ4n) is 3.16. The van der Waals surface area contributed by atoms with Gasteiger partial charge in [0, 0.05) is 16.9 Å². The van der Waals surface area contributed by atoms with Crippen LogP contribution in [-0.4, -0.2) is 24.8 Å². The minimum Gasteiger partial charge on any atom is -0.497 e. The van der Waals surface area contributed by atoms with Crippen LogP contribution in [0, 0.1) is 0 Å². The van der Waals surface area contributed by atoms with Gasteiger partial charge in [0.2, 0.25) is 0 Å². The van der Waals surface area contributed by atoms with Crippen molar-refractivity contribution < 1.29 is 19.1 Å². The Hall–Kier alpha value is -4.13. The molecule has 0 unspecified atom stereocenters. The topological polar surface area (TPSA) is 102 Å². The highest BCUT2D eigenvalue weighted by Crippen LogP contribution is 2.30. The zero-order valence-corrected chi connectivity index (χ0v) is 15.5. The Balaban J connectivity index is 1.60. The minimum atomic E-state index is -0.491. The lowest BCUT2D eigenvalue weighted by atomic mass is 10.1. The summed E-state index contributed by atoms with van der Waals surface area (Å²) in [6.45, 7) is 0. The molecule has 0 saturated carbocycles. The van der Waals surface area contributed by atoms with Gasteiger partial charge in [-0.1, -0.05) is 6.07 Å². The van der Waals surface area contributed by atoms with Gasteiger partial charge >= 0.3 is 0 Å². The molecule has 3 N–H and O–H groups in total. The number of fused-ring (bicyclic) bond motifs is 1. The van der Waals surface area contributed by atoms with Crippen LogP contribution in [0.5, 0.6) is 5.75 Å². The summed E-state index contributed by atoms with van der Waals surface area (Å²) in [6, 6.07) is 17.8. The maximum Gasteiger partial charge on any atom is 0.266 e. The first-order chi connectivity index (χ1) is 14.0. The molecule has 7 nitrogen and oxygen atoms in total. The SMILES string of the molecule is COc1ccc(NC(=O)c2ccc3c(c2)C(=O)N(c2cccc(N)c2)C3=O)cc1. The van der Waals surface area contributed by atoms with Gasteiger partial charge in [-0.05, 0) is 60.7 Å². The summed E-state index contributed by atoms with van der Waals surface area (Å²) in [5.74, 6) is -0.653. The van der Waals surface area contributed by atoms with Crippen LogP contribution in [0.3, 0.4) is 0 Å². The van der Waals surface area contributed by atoms with E-state index in [1.165, 1.54) is 18.2 Å². The summed E-state index contributed by atoms with van der Waals surface area (Å²) in [7, 11) is 1.56. The standard InChI is InChI=1S/C22H17N3O4/c1-29-17-8-6-15(7-9-17)24-20(26)13-5-10-18-19(11-13)22(28)25(21(18)27)16-4-2-3-14(23)12-16/h2-12H,23H2,1H3,(H,24,26). The molecule has 0 atom stereocenters. The smallest absolute Gasteiger partial charge is 0.266 e. The summed E-state index contributed by atoms with van der Waals surface area (Å²) in [6.07, 6.45) is 0. The largest absolute Gasteiger partial charge is 0.497 e. The van der Waals surface area contributed by atoms with Crippen molar-refractivity contribution in [2.24, 2.45) is 0 Å². The van der Waals surface area contributed by atoms with Crippen molar-refractivity contribution in [3.8, 4) is 5.75 Å². The molecular weight excluding hydrogens is 370 g/mol. The summed E-state index contributed by atoms with van der Waals surface area (Å²) >= 11 is 0. The van der Waals surface area contributed by atoms with Crippen molar-refractivity contribution in [2.45, 2.75) is 0 Å². The molecule has 3 aromatic carbocycles. The van der Waals surface area contributed by atoms with Gasteiger partial charge in [0.05, 0.1) is 23.9 Å². The minimum absolute atomic E-state index is 0.180. The Morgan fingerprint density at radius 1 is 0.931 bits per heavy atom. The Labute approximate surface area is 166 Å². The van der Waals surface area contributed by atoms with E-state index in [-0.39, 0.29) is 22.6 Å². The fraction of sp³-hybridized carbons (Fsp3) is 0.0455. The van der Waals surface area contributed by atoms with Crippen molar-refractivity contribution >= 4 is 34.8 Å². The molecule has 0 fully saturated rings. The van der Waals surface area contributed by atoms with E-state index in [2.05, 4.69) is 5.32 Å². The van der Waals surface area contributed by atoms with Crippen LogP contribution in [0.2, 0.25) is 0 Å². The first kappa shape index (κ1) is 18.2. The van der Waals surface area contributed by atoms with Crippen LogP contribution in [-0.2, 0) is 0 Å². The second-order valence-electron chi connectivity index (χ2n) is 6.48. The number of nitrogens with zero attached hydrogens (tertiary/aromatic N) is 1. The third-order valence-corrected chi connectivity index (χ3v) is 4.63. The monoisotopic (exact) mass is 387 g/mol. The number of hydrogen-bond acceptors (Lipinski definition) is 5. The molecule has 1 aliphatic rings. The van der Waals surface area contributed by atoms with E-state index in [1.54, 1.807) is 55.6 Å². The lowest BCUT2D eigenvalue weighted by Gasteiger charge is -2.14. The highest BCUT2D eigenvalue weighted by Gasteiger charge is 2.37. The predicted octanol–water partition coefficient (Wildman–Crippen LogP) is 3.33. The Kier molecular flexibility index (Phi) is 4.48. The predicted molar refractivity (Wildman–Crippen MR) is 109 cm³/mol. The summed E-state index contributed by atoms with van der Waals surface area (Å²) in [5, 5.41) is 2.76. The number of amides is 3. The lowest BCUT2D eigenvalue weighted by molar-refractivity contribution is 0.0925. The molecule has 3 amide bonds. The van der Waals surface area contributed by atoms with Crippen LogP contribution < -0.4 is 20.7 Å². The van der Waals surface area contributed by atoms with Crippen molar-refractivity contribution in [3.05, 3.63) is 83.4 Å². The molecule has 29 heavy (non-hydrogen) atoms. The molecule has 1 heterocycles. The number of anilines is 3. The van der Waals surface area contributed by atoms with Crippen LogP contribution in [0.15, 0.2) is 66.7 Å². The average molecular weight is 387 g/mol. The Morgan fingerprint density at radius 3 is 2.34 bits per heavy atom. The van der Waals surface area contributed by atoms with Gasteiger partial charge in [0.25, 0.3) is 17.7 Å². The van der Waals surface area contributed by atoms with Crippen molar-refractivity contribution in [2.75, 3.05) is 23.1 Å². The molecule has 0 radical (unpaired) electrons. The molecule has 0 aromatic heterocycles. The average Bonchev–Trinajstić information content (AvgIpc) is 2.98. The van der Waals surface area contributed by atoms with E-state index >= 15 is 0 Å². The van der Waals surface area contributed by atoms with Crippen molar-refractivity contribution in [3.63, 3.8) is 0 Å². The molecular formula is C22H17N3O4. The van der Waals surface area contributed by atoms with E-state index in [9.17, 15) is 14.4 Å². The summed E-state index contributed by atoms with van der Waals surface area (Å²) in [5.41, 5.74) is 7.89. The van der Waals surface area contributed by atoms with Crippen LogP contribution in [0.25, 0.3) is 0 Å². The molecule has 0 aliphatic carbocycles. The maximum atomic E-state index is 12.8. The molecule has 3 aromatic rings.